The summed E-state index contributed by atoms with van der Waals surface area (Å²) in [6.45, 7) is 5.98. The van der Waals surface area contributed by atoms with E-state index in [4.69, 9.17) is 0 Å². The average molecular weight is 351 g/mol. The lowest BCUT2D eigenvalue weighted by molar-refractivity contribution is -0.116. The Morgan fingerprint density at radius 2 is 1.60 bits per heavy atom. The van der Waals surface area contributed by atoms with Gasteiger partial charge in [-0.2, -0.15) is 0 Å². The predicted octanol–water partition coefficient (Wildman–Crippen LogP) is 4.47. The molecule has 1 heterocycles. The molecule has 0 atom stereocenters. The van der Waals surface area contributed by atoms with Gasteiger partial charge >= 0.3 is 0 Å². The molecule has 0 saturated carbocycles. The predicted molar refractivity (Wildman–Crippen MR) is 104 cm³/mol. The van der Waals surface area contributed by atoms with Gasteiger partial charge < -0.3 is 4.90 Å². The fraction of sp³-hybridized carbons (Fsp3) is 0.250. The normalized spacial score (nSPS) is 11.0. The fourth-order valence-corrected chi connectivity index (χ4v) is 3.54. The fourth-order valence-electron chi connectivity index (χ4n) is 2.73. The van der Waals surface area contributed by atoms with Crippen LogP contribution >= 0.6 is 11.8 Å². The minimum atomic E-state index is 0.0700. The number of amides is 1. The number of benzene rings is 2. The van der Waals surface area contributed by atoms with E-state index < -0.39 is 0 Å². The summed E-state index contributed by atoms with van der Waals surface area (Å²) in [7, 11) is 0. The maximum atomic E-state index is 12.8. The quantitative estimate of drug-likeness (QED) is 0.636. The van der Waals surface area contributed by atoms with Gasteiger partial charge in [0, 0.05) is 11.7 Å². The summed E-state index contributed by atoms with van der Waals surface area (Å²) >= 11 is 1.45. The zero-order valence-corrected chi connectivity index (χ0v) is 15.5. The molecule has 3 aromatic rings. The SMILES string of the molecule is Cc1nc2ccccc2nc1SCC(=O)N(c1ccccc1)C(C)C. The molecule has 0 N–H and O–H groups in total. The van der Waals surface area contributed by atoms with E-state index in [1.54, 1.807) is 0 Å². The van der Waals surface area contributed by atoms with Crippen LogP contribution in [0.3, 0.4) is 0 Å². The monoisotopic (exact) mass is 351 g/mol. The summed E-state index contributed by atoms with van der Waals surface area (Å²) in [6.07, 6.45) is 0. The van der Waals surface area contributed by atoms with E-state index in [2.05, 4.69) is 9.97 Å². The zero-order chi connectivity index (χ0) is 17.8. The van der Waals surface area contributed by atoms with Crippen molar-refractivity contribution in [1.82, 2.24) is 9.97 Å². The zero-order valence-electron chi connectivity index (χ0n) is 14.6. The molecule has 0 fully saturated rings. The number of thioether (sulfide) groups is 1. The standard InChI is InChI=1S/C20H21N3OS/c1-14(2)23(16-9-5-4-6-10-16)19(24)13-25-20-15(3)21-17-11-7-8-12-18(17)22-20/h4-12,14H,13H2,1-3H3. The van der Waals surface area contributed by atoms with Gasteiger partial charge in [-0.25, -0.2) is 9.97 Å². The molecular formula is C20H21N3OS. The molecule has 0 aliphatic carbocycles. The second kappa shape index (κ2) is 7.66. The van der Waals surface area contributed by atoms with Gasteiger partial charge in [-0.3, -0.25) is 4.79 Å². The number of para-hydroxylation sites is 3. The van der Waals surface area contributed by atoms with Gasteiger partial charge in [-0.1, -0.05) is 42.1 Å². The van der Waals surface area contributed by atoms with Gasteiger partial charge in [0.15, 0.2) is 0 Å². The largest absolute Gasteiger partial charge is 0.309 e. The van der Waals surface area contributed by atoms with Crippen LogP contribution in [-0.4, -0.2) is 27.7 Å². The van der Waals surface area contributed by atoms with Crippen molar-refractivity contribution in [2.45, 2.75) is 31.8 Å². The Morgan fingerprint density at radius 1 is 1.00 bits per heavy atom. The van der Waals surface area contributed by atoms with Crippen LogP contribution in [0.1, 0.15) is 19.5 Å². The van der Waals surface area contributed by atoms with Crippen LogP contribution in [0.25, 0.3) is 11.0 Å². The molecule has 0 radical (unpaired) electrons. The van der Waals surface area contributed by atoms with Crippen molar-refractivity contribution in [2.24, 2.45) is 0 Å². The van der Waals surface area contributed by atoms with Crippen LogP contribution in [0.4, 0.5) is 5.69 Å². The Morgan fingerprint density at radius 3 is 2.24 bits per heavy atom. The van der Waals surface area contributed by atoms with Crippen LogP contribution in [0.15, 0.2) is 59.6 Å². The molecule has 2 aromatic carbocycles. The number of rotatable bonds is 5. The minimum absolute atomic E-state index is 0.0700. The molecule has 0 aliphatic rings. The number of aromatic nitrogens is 2. The molecule has 4 nitrogen and oxygen atoms in total. The van der Waals surface area contributed by atoms with Gasteiger partial charge in [0.2, 0.25) is 5.91 Å². The van der Waals surface area contributed by atoms with Crippen molar-refractivity contribution >= 4 is 34.4 Å². The van der Waals surface area contributed by atoms with Crippen LogP contribution < -0.4 is 4.90 Å². The smallest absolute Gasteiger partial charge is 0.237 e. The Bertz CT molecular complexity index is 881. The molecule has 25 heavy (non-hydrogen) atoms. The summed E-state index contributed by atoms with van der Waals surface area (Å²) < 4.78 is 0. The number of anilines is 1. The number of hydrogen-bond acceptors (Lipinski definition) is 4. The van der Waals surface area contributed by atoms with Crippen molar-refractivity contribution in [1.29, 1.82) is 0 Å². The van der Waals surface area contributed by atoms with Crippen molar-refractivity contribution in [3.8, 4) is 0 Å². The van der Waals surface area contributed by atoms with E-state index in [9.17, 15) is 4.79 Å². The first-order chi connectivity index (χ1) is 12.1. The van der Waals surface area contributed by atoms with Gasteiger partial charge in [0.1, 0.15) is 5.03 Å². The second-order valence-corrected chi connectivity index (χ2v) is 7.05. The molecule has 1 aromatic heterocycles. The third-order valence-corrected chi connectivity index (χ3v) is 4.90. The van der Waals surface area contributed by atoms with Crippen LogP contribution in [0.2, 0.25) is 0 Å². The first-order valence-electron chi connectivity index (χ1n) is 8.29. The highest BCUT2D eigenvalue weighted by molar-refractivity contribution is 8.00. The first kappa shape index (κ1) is 17.4. The summed E-state index contributed by atoms with van der Waals surface area (Å²) in [5.74, 6) is 0.404. The number of hydrogen-bond donors (Lipinski definition) is 0. The third-order valence-electron chi connectivity index (χ3n) is 3.85. The highest BCUT2D eigenvalue weighted by Gasteiger charge is 2.19. The Kier molecular flexibility index (Phi) is 5.34. The summed E-state index contributed by atoms with van der Waals surface area (Å²) in [5, 5.41) is 0.809. The lowest BCUT2D eigenvalue weighted by Gasteiger charge is -2.26. The second-order valence-electron chi connectivity index (χ2n) is 6.08. The highest BCUT2D eigenvalue weighted by atomic mass is 32.2. The molecule has 1 amide bonds. The van der Waals surface area contributed by atoms with Crippen LogP contribution in [0, 0.1) is 6.92 Å². The molecule has 0 bridgehead atoms. The molecule has 5 heteroatoms. The van der Waals surface area contributed by atoms with Crippen molar-refractivity contribution in [3.05, 3.63) is 60.3 Å². The molecule has 0 saturated heterocycles. The number of nitrogens with zero attached hydrogens (tertiary/aromatic N) is 3. The Balaban J connectivity index is 1.78. The van der Waals surface area contributed by atoms with Gasteiger partial charge in [-0.15, -0.1) is 0 Å². The van der Waals surface area contributed by atoms with E-state index in [0.29, 0.717) is 5.75 Å². The summed E-state index contributed by atoms with van der Waals surface area (Å²) in [5.41, 5.74) is 3.51. The molecule has 3 rings (SSSR count). The number of carbonyl (C=O) groups is 1. The minimum Gasteiger partial charge on any atom is -0.309 e. The first-order valence-corrected chi connectivity index (χ1v) is 9.28. The average Bonchev–Trinajstić information content (AvgIpc) is 2.60. The lowest BCUT2D eigenvalue weighted by atomic mass is 10.2. The van der Waals surface area contributed by atoms with Crippen LogP contribution in [-0.2, 0) is 4.79 Å². The Hall–Kier alpha value is -2.40. The van der Waals surface area contributed by atoms with Crippen molar-refractivity contribution < 1.29 is 4.79 Å². The highest BCUT2D eigenvalue weighted by Crippen LogP contribution is 2.24. The number of aryl methyl sites for hydroxylation is 1. The lowest BCUT2D eigenvalue weighted by Crippen LogP contribution is -2.38. The maximum Gasteiger partial charge on any atom is 0.237 e. The topological polar surface area (TPSA) is 46.1 Å². The maximum absolute atomic E-state index is 12.8. The van der Waals surface area contributed by atoms with Crippen molar-refractivity contribution in [3.63, 3.8) is 0 Å². The van der Waals surface area contributed by atoms with E-state index in [-0.39, 0.29) is 11.9 Å². The molecule has 0 spiro atoms. The van der Waals surface area contributed by atoms with E-state index in [1.807, 2.05) is 80.3 Å². The third kappa shape index (κ3) is 3.99. The van der Waals surface area contributed by atoms with Crippen molar-refractivity contribution in [2.75, 3.05) is 10.7 Å². The van der Waals surface area contributed by atoms with Gasteiger partial charge in [0.05, 0.1) is 22.5 Å². The Labute approximate surface area is 152 Å². The van der Waals surface area contributed by atoms with E-state index in [1.165, 1.54) is 11.8 Å². The number of fused-ring (bicyclic) bond motifs is 1. The van der Waals surface area contributed by atoms with Gasteiger partial charge in [0.25, 0.3) is 0 Å². The molecular weight excluding hydrogens is 330 g/mol. The molecule has 0 unspecified atom stereocenters. The number of carbonyl (C=O) groups excluding carboxylic acids is 1. The van der Waals surface area contributed by atoms with Gasteiger partial charge in [-0.05, 0) is 45.0 Å². The molecule has 0 aliphatic heterocycles. The molecule has 128 valence electrons. The summed E-state index contributed by atoms with van der Waals surface area (Å²) in [6, 6.07) is 17.7. The van der Waals surface area contributed by atoms with E-state index >= 15 is 0 Å². The van der Waals surface area contributed by atoms with E-state index in [0.717, 1.165) is 27.4 Å². The van der Waals surface area contributed by atoms with Crippen LogP contribution in [0.5, 0.6) is 0 Å². The summed E-state index contributed by atoms with van der Waals surface area (Å²) in [4.78, 5) is 23.9.